The zero-order valence-electron chi connectivity index (χ0n) is 9.26. The molecule has 8 heteroatoms. The predicted molar refractivity (Wildman–Crippen MR) is 66.3 cm³/mol. The molecular weight excluding hydrogens is 293 g/mol. The van der Waals surface area contributed by atoms with E-state index in [1.54, 1.807) is 0 Å². The van der Waals surface area contributed by atoms with Crippen LogP contribution in [0.2, 0.25) is 10.0 Å². The molecule has 0 aliphatic carbocycles. The first kappa shape index (κ1) is 12.1. The number of anilines is 1. The molecule has 96 valence electrons. The van der Waals surface area contributed by atoms with Gasteiger partial charge in [-0.25, -0.2) is 0 Å². The lowest BCUT2D eigenvalue weighted by Crippen LogP contribution is -2.29. The number of ketones is 1. The Morgan fingerprint density at radius 1 is 1.21 bits per heavy atom. The van der Waals surface area contributed by atoms with Crippen LogP contribution in [0.4, 0.5) is 5.69 Å². The summed E-state index contributed by atoms with van der Waals surface area (Å²) in [6.07, 6.45) is 1.14. The fourth-order valence-electron chi connectivity index (χ4n) is 1.91. The summed E-state index contributed by atoms with van der Waals surface area (Å²) in [7, 11) is 0. The van der Waals surface area contributed by atoms with Gasteiger partial charge in [0.1, 0.15) is 0 Å². The summed E-state index contributed by atoms with van der Waals surface area (Å²) in [4.78, 5) is 28.9. The van der Waals surface area contributed by atoms with Crippen LogP contribution in [0.5, 0.6) is 0 Å². The number of fused-ring (bicyclic) bond motifs is 1. The Morgan fingerprint density at radius 2 is 1.95 bits per heavy atom. The average Bonchev–Trinajstić information content (AvgIpc) is 2.97. The van der Waals surface area contributed by atoms with Gasteiger partial charge in [-0.3, -0.25) is 14.5 Å². The monoisotopic (exact) mass is 297 g/mol. The maximum Gasteiger partial charge on any atom is 0.300 e. The minimum atomic E-state index is -0.713. The molecule has 6 nitrogen and oxygen atoms in total. The first-order chi connectivity index (χ1) is 9.09. The van der Waals surface area contributed by atoms with Crippen molar-refractivity contribution in [3.8, 4) is 0 Å². The lowest BCUT2D eigenvalue weighted by Gasteiger charge is -2.15. The molecule has 0 saturated carbocycles. The lowest BCUT2D eigenvalue weighted by molar-refractivity contribution is -0.114. The number of carbonyl (C=O) groups is 2. The average molecular weight is 298 g/mol. The standard InChI is InChI=1S/C11H5Cl2N3O3/c12-5-1-2-6(13)9-8(5)10(17)11(18)16(9)3-7-14-4-19-15-7/h1-2,4H,3H2. The fraction of sp³-hybridized carbons (Fsp3) is 0.0909. The molecule has 0 fully saturated rings. The summed E-state index contributed by atoms with van der Waals surface area (Å²) in [5.74, 6) is -1.13. The van der Waals surface area contributed by atoms with Crippen LogP contribution in [0.3, 0.4) is 0 Å². The second kappa shape index (κ2) is 4.32. The second-order valence-electron chi connectivity index (χ2n) is 3.82. The number of rotatable bonds is 2. The van der Waals surface area contributed by atoms with Crippen LogP contribution >= 0.6 is 23.2 Å². The smallest absolute Gasteiger partial charge is 0.300 e. The summed E-state index contributed by atoms with van der Waals surface area (Å²) >= 11 is 12.0. The van der Waals surface area contributed by atoms with Crippen molar-refractivity contribution in [2.75, 3.05) is 4.90 Å². The summed E-state index contributed by atoms with van der Waals surface area (Å²) in [6.45, 7) is -0.00582. The minimum Gasteiger partial charge on any atom is -0.343 e. The zero-order valence-corrected chi connectivity index (χ0v) is 10.8. The molecule has 1 amide bonds. The van der Waals surface area contributed by atoms with Gasteiger partial charge in [-0.1, -0.05) is 28.4 Å². The molecule has 2 heterocycles. The largest absolute Gasteiger partial charge is 0.343 e. The van der Waals surface area contributed by atoms with Crippen molar-refractivity contribution in [3.05, 3.63) is 40.0 Å². The summed E-state index contributed by atoms with van der Waals surface area (Å²) in [5, 5.41) is 4.05. The number of benzene rings is 1. The fourth-order valence-corrected chi connectivity index (χ4v) is 2.40. The van der Waals surface area contributed by atoms with Gasteiger partial charge in [-0.15, -0.1) is 0 Å². The number of nitrogens with zero attached hydrogens (tertiary/aromatic N) is 3. The van der Waals surface area contributed by atoms with Crippen LogP contribution in [0.15, 0.2) is 23.0 Å². The van der Waals surface area contributed by atoms with E-state index in [0.717, 1.165) is 6.39 Å². The van der Waals surface area contributed by atoms with Gasteiger partial charge in [0.2, 0.25) is 6.39 Å². The van der Waals surface area contributed by atoms with E-state index >= 15 is 0 Å². The van der Waals surface area contributed by atoms with Crippen molar-refractivity contribution in [3.63, 3.8) is 0 Å². The first-order valence-corrected chi connectivity index (χ1v) is 5.94. The Kier molecular flexibility index (Phi) is 2.76. The van der Waals surface area contributed by atoms with Crippen LogP contribution < -0.4 is 4.90 Å². The van der Waals surface area contributed by atoms with E-state index in [1.165, 1.54) is 17.0 Å². The quantitative estimate of drug-likeness (QED) is 0.794. The minimum absolute atomic E-state index is 0.00582. The highest BCUT2D eigenvalue weighted by Crippen LogP contribution is 2.40. The third-order valence-corrected chi connectivity index (χ3v) is 3.34. The molecule has 0 atom stereocenters. The van der Waals surface area contributed by atoms with Crippen molar-refractivity contribution in [1.82, 2.24) is 10.1 Å². The molecule has 0 unspecified atom stereocenters. The van der Waals surface area contributed by atoms with Gasteiger partial charge >= 0.3 is 0 Å². The topological polar surface area (TPSA) is 76.3 Å². The van der Waals surface area contributed by atoms with Crippen LogP contribution in [-0.2, 0) is 11.3 Å². The second-order valence-corrected chi connectivity index (χ2v) is 4.64. The highest BCUT2D eigenvalue weighted by Gasteiger charge is 2.39. The van der Waals surface area contributed by atoms with Crippen molar-refractivity contribution in [2.24, 2.45) is 0 Å². The Labute approximate surface area is 116 Å². The summed E-state index contributed by atoms with van der Waals surface area (Å²) in [6, 6.07) is 3.00. The number of aromatic nitrogens is 2. The summed E-state index contributed by atoms with van der Waals surface area (Å²) < 4.78 is 4.59. The normalized spacial score (nSPS) is 14.1. The molecule has 2 aromatic rings. The Balaban J connectivity index is 2.12. The Bertz CT molecular complexity index is 685. The van der Waals surface area contributed by atoms with Crippen LogP contribution in [0.25, 0.3) is 0 Å². The molecule has 19 heavy (non-hydrogen) atoms. The Hall–Kier alpha value is -1.92. The number of halogens is 2. The van der Waals surface area contributed by atoms with E-state index in [1.807, 2.05) is 0 Å². The molecule has 1 aliphatic rings. The number of Topliss-reactive ketones (excluding diaryl/α,β-unsaturated/α-hetero) is 1. The molecule has 0 N–H and O–H groups in total. The van der Waals surface area contributed by atoms with Gasteiger partial charge in [0.15, 0.2) is 5.82 Å². The van der Waals surface area contributed by atoms with Gasteiger partial charge in [0.05, 0.1) is 27.8 Å². The predicted octanol–water partition coefficient (Wildman–Crippen LogP) is 2.11. The van der Waals surface area contributed by atoms with Crippen LogP contribution in [0, 0.1) is 0 Å². The van der Waals surface area contributed by atoms with Gasteiger partial charge in [-0.2, -0.15) is 4.98 Å². The summed E-state index contributed by atoms with van der Waals surface area (Å²) in [5.41, 5.74) is 0.400. The van der Waals surface area contributed by atoms with Gasteiger partial charge in [-0.05, 0) is 12.1 Å². The van der Waals surface area contributed by atoms with Crippen molar-refractivity contribution >= 4 is 40.6 Å². The van der Waals surface area contributed by atoms with E-state index in [4.69, 9.17) is 23.2 Å². The maximum absolute atomic E-state index is 12.0. The molecule has 3 rings (SSSR count). The molecule has 0 radical (unpaired) electrons. The van der Waals surface area contributed by atoms with E-state index in [9.17, 15) is 9.59 Å². The molecular formula is C11H5Cl2N3O3. The SMILES string of the molecule is O=C1C(=O)N(Cc2ncon2)c2c(Cl)ccc(Cl)c21. The van der Waals surface area contributed by atoms with Gasteiger partial charge in [0.25, 0.3) is 11.7 Å². The maximum atomic E-state index is 12.0. The van der Waals surface area contributed by atoms with Crippen molar-refractivity contribution in [1.29, 1.82) is 0 Å². The van der Waals surface area contributed by atoms with Gasteiger partial charge in [0, 0.05) is 0 Å². The zero-order chi connectivity index (χ0) is 13.6. The Morgan fingerprint density at radius 3 is 2.63 bits per heavy atom. The third kappa shape index (κ3) is 1.80. The van der Waals surface area contributed by atoms with Crippen LogP contribution in [-0.4, -0.2) is 21.8 Å². The number of hydrogen-bond donors (Lipinski definition) is 0. The molecule has 0 bridgehead atoms. The molecule has 1 aromatic carbocycles. The first-order valence-electron chi connectivity index (χ1n) is 5.19. The highest BCUT2D eigenvalue weighted by atomic mass is 35.5. The van der Waals surface area contributed by atoms with Crippen molar-refractivity contribution < 1.29 is 14.1 Å². The molecule has 1 aromatic heterocycles. The van der Waals surface area contributed by atoms with Crippen LogP contribution in [0.1, 0.15) is 16.2 Å². The third-order valence-electron chi connectivity index (χ3n) is 2.72. The van der Waals surface area contributed by atoms with E-state index < -0.39 is 11.7 Å². The lowest BCUT2D eigenvalue weighted by atomic mass is 10.1. The highest BCUT2D eigenvalue weighted by molar-refractivity contribution is 6.56. The van der Waals surface area contributed by atoms with E-state index in [0.29, 0.717) is 0 Å². The molecule has 0 spiro atoms. The van der Waals surface area contributed by atoms with Crippen molar-refractivity contribution in [2.45, 2.75) is 6.54 Å². The molecule has 0 saturated heterocycles. The molecule has 1 aliphatic heterocycles. The number of amides is 1. The number of hydrogen-bond acceptors (Lipinski definition) is 5. The van der Waals surface area contributed by atoms with Gasteiger partial charge < -0.3 is 4.52 Å². The van der Waals surface area contributed by atoms with E-state index in [2.05, 4.69) is 14.7 Å². The van der Waals surface area contributed by atoms with E-state index in [-0.39, 0.29) is 33.7 Å². The number of carbonyl (C=O) groups excluding carboxylic acids is 2.